The van der Waals surface area contributed by atoms with E-state index in [-0.39, 0.29) is 0 Å². The van der Waals surface area contributed by atoms with Gasteiger partial charge in [-0.2, -0.15) is 0 Å². The Kier molecular flexibility index (Phi) is 4.33. The molecular formula is C29H24BNO3S. The molecule has 0 saturated carbocycles. The van der Waals surface area contributed by atoms with Crippen molar-refractivity contribution < 1.29 is 13.7 Å². The van der Waals surface area contributed by atoms with Gasteiger partial charge in [-0.3, -0.25) is 0 Å². The van der Waals surface area contributed by atoms with Gasteiger partial charge in [-0.25, -0.2) is 4.98 Å². The number of furan rings is 1. The molecule has 0 atom stereocenters. The highest BCUT2D eigenvalue weighted by molar-refractivity contribution is 7.23. The molecule has 1 fully saturated rings. The van der Waals surface area contributed by atoms with Gasteiger partial charge in [0.2, 0.25) is 0 Å². The molecule has 4 nitrogen and oxygen atoms in total. The van der Waals surface area contributed by atoms with Crippen LogP contribution in [0.2, 0.25) is 0 Å². The number of nitrogens with zero attached hydrogens (tertiary/aromatic N) is 1. The lowest BCUT2D eigenvalue weighted by atomic mass is 9.77. The van der Waals surface area contributed by atoms with E-state index in [0.29, 0.717) is 0 Å². The summed E-state index contributed by atoms with van der Waals surface area (Å²) in [5, 5.41) is 5.51. The average Bonchev–Trinajstić information content (AvgIpc) is 3.48. The Labute approximate surface area is 207 Å². The smallest absolute Gasteiger partial charge is 0.456 e. The second-order valence-electron chi connectivity index (χ2n) is 10.3. The maximum absolute atomic E-state index is 6.53. The summed E-state index contributed by atoms with van der Waals surface area (Å²) in [6.07, 6.45) is 0. The summed E-state index contributed by atoms with van der Waals surface area (Å²) in [4.78, 5) is 5.10. The molecule has 7 rings (SSSR count). The van der Waals surface area contributed by atoms with E-state index in [1.165, 1.54) is 10.8 Å². The second-order valence-corrected chi connectivity index (χ2v) is 11.3. The topological polar surface area (TPSA) is 44.5 Å². The molecule has 4 aromatic carbocycles. The molecule has 3 heterocycles. The summed E-state index contributed by atoms with van der Waals surface area (Å²) in [5.74, 6) is 0. The lowest BCUT2D eigenvalue weighted by Crippen LogP contribution is -2.41. The number of hydrogen-bond acceptors (Lipinski definition) is 5. The summed E-state index contributed by atoms with van der Waals surface area (Å²) >= 11 is 1.67. The molecule has 35 heavy (non-hydrogen) atoms. The highest BCUT2D eigenvalue weighted by Gasteiger charge is 2.53. The minimum atomic E-state index is -0.545. The number of fused-ring (bicyclic) bond motifs is 5. The van der Waals surface area contributed by atoms with Gasteiger partial charge in [0, 0.05) is 21.8 Å². The van der Waals surface area contributed by atoms with Crippen molar-refractivity contribution in [2.24, 2.45) is 0 Å². The van der Waals surface area contributed by atoms with Crippen LogP contribution < -0.4 is 5.46 Å². The van der Waals surface area contributed by atoms with E-state index >= 15 is 0 Å². The fourth-order valence-electron chi connectivity index (χ4n) is 4.89. The Balaban J connectivity index is 1.50. The molecule has 0 N–H and O–H groups in total. The van der Waals surface area contributed by atoms with Gasteiger partial charge in [-0.05, 0) is 56.7 Å². The lowest BCUT2D eigenvalue weighted by molar-refractivity contribution is 0.00578. The number of thiazole rings is 1. The van der Waals surface area contributed by atoms with E-state index < -0.39 is 18.3 Å². The third-order valence-corrected chi connectivity index (χ3v) is 8.70. The molecule has 0 spiro atoms. The highest BCUT2D eigenvalue weighted by Crippen LogP contribution is 2.41. The quantitative estimate of drug-likeness (QED) is 0.245. The Morgan fingerprint density at radius 1 is 0.771 bits per heavy atom. The molecule has 0 radical (unpaired) electrons. The summed E-state index contributed by atoms with van der Waals surface area (Å²) < 4.78 is 20.5. The van der Waals surface area contributed by atoms with Crippen LogP contribution in [0.4, 0.5) is 0 Å². The van der Waals surface area contributed by atoms with Crippen molar-refractivity contribution in [3.8, 4) is 10.6 Å². The standard InChI is InChI=1S/C29H24BNO3S/c1-28(2)29(3,4)34-30(33-28)24-25-21(20-11-7-8-12-23(20)32-25)16-22-26(24)35-27(31-22)19-14-13-17-9-5-6-10-18(17)15-19/h5-16H,1-4H3. The van der Waals surface area contributed by atoms with Gasteiger partial charge in [-0.15, -0.1) is 11.3 Å². The van der Waals surface area contributed by atoms with Crippen LogP contribution in [0.25, 0.3) is 53.5 Å². The van der Waals surface area contributed by atoms with Crippen molar-refractivity contribution in [2.75, 3.05) is 0 Å². The maximum atomic E-state index is 6.53. The fourth-order valence-corrected chi connectivity index (χ4v) is 5.98. The summed E-state index contributed by atoms with van der Waals surface area (Å²) in [5.41, 5.74) is 3.72. The Morgan fingerprint density at radius 2 is 1.49 bits per heavy atom. The monoisotopic (exact) mass is 477 g/mol. The molecule has 0 bridgehead atoms. The molecule has 0 unspecified atom stereocenters. The SMILES string of the molecule is CC1(C)OB(c2c3oc4ccccc4c3cc3nc(-c4ccc5ccccc5c4)sc23)OC1(C)C. The maximum Gasteiger partial charge on any atom is 0.500 e. The minimum absolute atomic E-state index is 0.454. The number of hydrogen-bond donors (Lipinski definition) is 0. The number of para-hydroxylation sites is 1. The van der Waals surface area contributed by atoms with Crippen LogP contribution in [0.1, 0.15) is 27.7 Å². The zero-order valence-corrected chi connectivity index (χ0v) is 20.9. The van der Waals surface area contributed by atoms with Gasteiger partial charge in [0.1, 0.15) is 16.2 Å². The number of benzene rings is 4. The van der Waals surface area contributed by atoms with Crippen molar-refractivity contribution in [3.05, 3.63) is 72.8 Å². The molecule has 1 aliphatic rings. The lowest BCUT2D eigenvalue weighted by Gasteiger charge is -2.32. The average molecular weight is 477 g/mol. The number of aromatic nitrogens is 1. The molecule has 1 saturated heterocycles. The molecule has 2 aromatic heterocycles. The Bertz CT molecular complexity index is 1770. The summed E-state index contributed by atoms with van der Waals surface area (Å²) in [6, 6.07) is 25.2. The van der Waals surface area contributed by atoms with Crippen molar-refractivity contribution in [2.45, 2.75) is 38.9 Å². The van der Waals surface area contributed by atoms with Gasteiger partial charge in [0.25, 0.3) is 0 Å². The van der Waals surface area contributed by atoms with Crippen LogP contribution in [0.5, 0.6) is 0 Å². The van der Waals surface area contributed by atoms with Crippen LogP contribution >= 0.6 is 11.3 Å². The van der Waals surface area contributed by atoms with Crippen molar-refractivity contribution in [3.63, 3.8) is 0 Å². The van der Waals surface area contributed by atoms with Gasteiger partial charge >= 0.3 is 7.12 Å². The van der Waals surface area contributed by atoms with E-state index in [1.807, 2.05) is 18.2 Å². The van der Waals surface area contributed by atoms with E-state index in [9.17, 15) is 0 Å². The fraction of sp³-hybridized carbons (Fsp3) is 0.207. The molecule has 0 aliphatic carbocycles. The van der Waals surface area contributed by atoms with E-state index in [4.69, 9.17) is 18.7 Å². The van der Waals surface area contributed by atoms with Gasteiger partial charge in [-0.1, -0.05) is 54.6 Å². The zero-order valence-electron chi connectivity index (χ0n) is 20.1. The normalized spacial score (nSPS) is 17.3. The van der Waals surface area contributed by atoms with Gasteiger partial charge in [0.05, 0.1) is 21.4 Å². The summed E-state index contributed by atoms with van der Waals surface area (Å²) in [6.45, 7) is 8.32. The predicted octanol–water partition coefficient (Wildman–Crippen LogP) is 7.32. The zero-order chi connectivity index (χ0) is 23.9. The third kappa shape index (κ3) is 3.10. The molecule has 172 valence electrons. The molecule has 6 heteroatoms. The van der Waals surface area contributed by atoms with Crippen LogP contribution in [-0.2, 0) is 9.31 Å². The van der Waals surface area contributed by atoms with Crippen molar-refractivity contribution in [1.82, 2.24) is 4.98 Å². The second kappa shape index (κ2) is 7.17. The third-order valence-electron chi connectivity index (χ3n) is 7.54. The molecular weight excluding hydrogens is 453 g/mol. The highest BCUT2D eigenvalue weighted by atomic mass is 32.1. The minimum Gasteiger partial charge on any atom is -0.456 e. The molecule has 1 aliphatic heterocycles. The van der Waals surface area contributed by atoms with E-state index in [1.54, 1.807) is 11.3 Å². The van der Waals surface area contributed by atoms with Gasteiger partial charge in [0.15, 0.2) is 0 Å². The summed E-state index contributed by atoms with van der Waals surface area (Å²) in [7, 11) is -0.545. The molecule has 6 aromatic rings. The van der Waals surface area contributed by atoms with Crippen molar-refractivity contribution >= 4 is 66.8 Å². The van der Waals surface area contributed by atoms with Crippen LogP contribution in [-0.4, -0.2) is 23.3 Å². The number of rotatable bonds is 2. The van der Waals surface area contributed by atoms with Gasteiger partial charge < -0.3 is 13.7 Å². The largest absolute Gasteiger partial charge is 0.500 e. The molecule has 0 amide bonds. The predicted molar refractivity (Wildman–Crippen MR) is 146 cm³/mol. The Hall–Kier alpha value is -3.19. The Morgan fingerprint density at radius 3 is 2.29 bits per heavy atom. The van der Waals surface area contributed by atoms with Crippen LogP contribution in [0.3, 0.4) is 0 Å². The first-order valence-corrected chi connectivity index (χ1v) is 12.7. The van der Waals surface area contributed by atoms with Crippen molar-refractivity contribution in [1.29, 1.82) is 0 Å². The van der Waals surface area contributed by atoms with Crippen LogP contribution in [0, 0.1) is 0 Å². The van der Waals surface area contributed by atoms with E-state index in [0.717, 1.165) is 48.2 Å². The first-order valence-electron chi connectivity index (χ1n) is 11.9. The van der Waals surface area contributed by atoms with E-state index in [2.05, 4.69) is 82.3 Å². The first kappa shape index (κ1) is 21.1. The first-order chi connectivity index (χ1) is 16.8. The van der Waals surface area contributed by atoms with Crippen LogP contribution in [0.15, 0.2) is 77.2 Å².